The highest BCUT2D eigenvalue weighted by Gasteiger charge is 2.26. The van der Waals surface area contributed by atoms with Gasteiger partial charge in [-0.15, -0.1) is 24.0 Å². The molecular weight excluding hydrogens is 510 g/mol. The fourth-order valence-electron chi connectivity index (χ4n) is 3.72. The second kappa shape index (κ2) is 10.7. The summed E-state index contributed by atoms with van der Waals surface area (Å²) >= 11 is 0. The Kier molecular flexibility index (Phi) is 8.05. The van der Waals surface area contributed by atoms with Crippen LogP contribution in [0.15, 0.2) is 52.3 Å². The SMILES string of the molecule is CCNC(=NCCc1coc(-c2ccc(F)cc2)n1)N1CCC(c2cnn(C)c2)C1.I. The fraction of sp³-hybridized carbons (Fsp3) is 0.409. The van der Waals surface area contributed by atoms with Crippen LogP contribution in [0.25, 0.3) is 11.5 Å². The Balaban J connectivity index is 0.00000272. The van der Waals surface area contributed by atoms with E-state index in [-0.39, 0.29) is 29.8 Å². The Morgan fingerprint density at radius 1 is 1.32 bits per heavy atom. The van der Waals surface area contributed by atoms with Gasteiger partial charge in [0.1, 0.15) is 12.1 Å². The number of aromatic nitrogens is 3. The minimum absolute atomic E-state index is 0. The van der Waals surface area contributed by atoms with E-state index >= 15 is 0 Å². The predicted molar refractivity (Wildman–Crippen MR) is 129 cm³/mol. The van der Waals surface area contributed by atoms with Crippen LogP contribution in [0.3, 0.4) is 0 Å². The summed E-state index contributed by atoms with van der Waals surface area (Å²) in [6, 6.07) is 6.14. The summed E-state index contributed by atoms with van der Waals surface area (Å²) < 4.78 is 20.5. The van der Waals surface area contributed by atoms with Crippen molar-refractivity contribution in [1.29, 1.82) is 0 Å². The van der Waals surface area contributed by atoms with Gasteiger partial charge in [-0.2, -0.15) is 5.10 Å². The van der Waals surface area contributed by atoms with Crippen LogP contribution in [0.1, 0.15) is 30.5 Å². The maximum absolute atomic E-state index is 13.1. The Morgan fingerprint density at radius 3 is 2.84 bits per heavy atom. The number of guanidine groups is 1. The van der Waals surface area contributed by atoms with Crippen molar-refractivity contribution in [2.75, 3.05) is 26.2 Å². The van der Waals surface area contributed by atoms with Gasteiger partial charge in [0.2, 0.25) is 5.89 Å². The molecule has 3 heterocycles. The molecule has 4 rings (SSSR count). The average molecular weight is 538 g/mol. The van der Waals surface area contributed by atoms with E-state index in [9.17, 15) is 4.39 Å². The Morgan fingerprint density at radius 2 is 2.13 bits per heavy atom. The van der Waals surface area contributed by atoms with Gasteiger partial charge < -0.3 is 14.6 Å². The number of benzene rings is 1. The first kappa shape index (κ1) is 23.2. The van der Waals surface area contributed by atoms with E-state index in [2.05, 4.69) is 33.4 Å². The third kappa shape index (κ3) is 5.84. The van der Waals surface area contributed by atoms with Crippen molar-refractivity contribution in [3.05, 3.63) is 60.0 Å². The maximum atomic E-state index is 13.1. The fourth-order valence-corrected chi connectivity index (χ4v) is 3.72. The Bertz CT molecular complexity index is 1000. The van der Waals surface area contributed by atoms with Crippen LogP contribution >= 0.6 is 24.0 Å². The third-order valence-electron chi connectivity index (χ3n) is 5.29. The topological polar surface area (TPSA) is 71.5 Å². The zero-order chi connectivity index (χ0) is 20.9. The molecule has 166 valence electrons. The molecular formula is C22H28FIN6O. The number of oxazole rings is 1. The van der Waals surface area contributed by atoms with Gasteiger partial charge in [-0.1, -0.05) is 0 Å². The van der Waals surface area contributed by atoms with E-state index in [1.165, 1.54) is 17.7 Å². The molecule has 0 bridgehead atoms. The van der Waals surface area contributed by atoms with Crippen molar-refractivity contribution in [3.63, 3.8) is 0 Å². The second-order valence-corrected chi connectivity index (χ2v) is 7.52. The van der Waals surface area contributed by atoms with Gasteiger partial charge in [-0.3, -0.25) is 9.67 Å². The highest BCUT2D eigenvalue weighted by atomic mass is 127. The average Bonchev–Trinajstić information content (AvgIpc) is 3.48. The maximum Gasteiger partial charge on any atom is 0.226 e. The predicted octanol–water partition coefficient (Wildman–Crippen LogP) is 3.83. The zero-order valence-electron chi connectivity index (χ0n) is 17.8. The van der Waals surface area contributed by atoms with E-state index in [1.807, 2.05) is 17.9 Å². The summed E-state index contributed by atoms with van der Waals surface area (Å²) in [5, 5.41) is 7.70. The highest BCUT2D eigenvalue weighted by Crippen LogP contribution is 2.26. The van der Waals surface area contributed by atoms with E-state index in [0.717, 1.165) is 43.3 Å². The summed E-state index contributed by atoms with van der Waals surface area (Å²) in [6.07, 6.45) is 7.48. The van der Waals surface area contributed by atoms with E-state index < -0.39 is 0 Å². The zero-order valence-corrected chi connectivity index (χ0v) is 20.1. The van der Waals surface area contributed by atoms with E-state index in [4.69, 9.17) is 9.41 Å². The van der Waals surface area contributed by atoms with Crippen molar-refractivity contribution in [2.24, 2.45) is 12.0 Å². The molecule has 7 nitrogen and oxygen atoms in total. The molecule has 0 saturated carbocycles. The molecule has 3 aromatic rings. The molecule has 9 heteroatoms. The number of likely N-dealkylation sites (tertiary alicyclic amines) is 1. The monoisotopic (exact) mass is 538 g/mol. The van der Waals surface area contributed by atoms with Gasteiger partial charge in [0.05, 0.1) is 11.9 Å². The number of hydrogen-bond acceptors (Lipinski definition) is 4. The van der Waals surface area contributed by atoms with Crippen molar-refractivity contribution in [3.8, 4) is 11.5 Å². The first-order valence-corrected chi connectivity index (χ1v) is 10.3. The molecule has 1 N–H and O–H groups in total. The largest absolute Gasteiger partial charge is 0.444 e. The molecule has 1 saturated heterocycles. The number of hydrogen-bond donors (Lipinski definition) is 1. The van der Waals surface area contributed by atoms with Crippen molar-refractivity contribution in [1.82, 2.24) is 25.0 Å². The molecule has 0 amide bonds. The summed E-state index contributed by atoms with van der Waals surface area (Å²) in [5.74, 6) is 1.64. The van der Waals surface area contributed by atoms with Crippen molar-refractivity contribution >= 4 is 29.9 Å². The molecule has 1 aliphatic rings. The van der Waals surface area contributed by atoms with Gasteiger partial charge >= 0.3 is 0 Å². The third-order valence-corrected chi connectivity index (χ3v) is 5.29. The highest BCUT2D eigenvalue weighted by molar-refractivity contribution is 14.0. The number of halogens is 2. The molecule has 1 atom stereocenters. The first-order valence-electron chi connectivity index (χ1n) is 10.3. The minimum atomic E-state index is -0.275. The molecule has 1 aliphatic heterocycles. The lowest BCUT2D eigenvalue weighted by Gasteiger charge is -2.21. The van der Waals surface area contributed by atoms with E-state index in [0.29, 0.717) is 24.8 Å². The van der Waals surface area contributed by atoms with Crippen LogP contribution < -0.4 is 5.32 Å². The lowest BCUT2D eigenvalue weighted by Crippen LogP contribution is -2.40. The first-order chi connectivity index (χ1) is 14.6. The summed E-state index contributed by atoms with van der Waals surface area (Å²) in [7, 11) is 1.95. The lowest BCUT2D eigenvalue weighted by molar-refractivity contribution is 0.486. The molecule has 1 fully saturated rings. The molecule has 31 heavy (non-hydrogen) atoms. The summed E-state index contributed by atoms with van der Waals surface area (Å²) in [5.41, 5.74) is 2.88. The van der Waals surface area contributed by atoms with Gasteiger partial charge in [-0.25, -0.2) is 9.37 Å². The molecule has 1 unspecified atom stereocenters. The van der Waals surface area contributed by atoms with Crippen molar-refractivity contribution in [2.45, 2.75) is 25.7 Å². The Labute approximate surface area is 198 Å². The normalized spacial score (nSPS) is 16.4. The smallest absolute Gasteiger partial charge is 0.226 e. The minimum Gasteiger partial charge on any atom is -0.444 e. The van der Waals surface area contributed by atoms with Gasteiger partial charge in [-0.05, 0) is 43.2 Å². The molecule has 1 aromatic carbocycles. The number of aliphatic imine (C=N–C) groups is 1. The number of aryl methyl sites for hydroxylation is 1. The Hall–Kier alpha value is -2.43. The number of nitrogens with zero attached hydrogens (tertiary/aromatic N) is 5. The van der Waals surface area contributed by atoms with Crippen LogP contribution in [0.4, 0.5) is 4.39 Å². The quantitative estimate of drug-likeness (QED) is 0.294. The second-order valence-electron chi connectivity index (χ2n) is 7.52. The summed E-state index contributed by atoms with van der Waals surface area (Å²) in [6.45, 7) is 5.44. The molecule has 2 aromatic heterocycles. The van der Waals surface area contributed by atoms with Crippen LogP contribution in [0.5, 0.6) is 0 Å². The van der Waals surface area contributed by atoms with Gasteiger partial charge in [0, 0.05) is 57.3 Å². The van der Waals surface area contributed by atoms with Crippen molar-refractivity contribution < 1.29 is 8.81 Å². The number of nitrogens with one attached hydrogen (secondary N) is 1. The van der Waals surface area contributed by atoms with Crippen LogP contribution in [-0.2, 0) is 13.5 Å². The van der Waals surface area contributed by atoms with Crippen LogP contribution in [0, 0.1) is 5.82 Å². The molecule has 0 aliphatic carbocycles. The standard InChI is InChI=1S/C22H27FN6O.HI/c1-3-24-22(29-11-9-17(14-29)18-12-26-28(2)13-18)25-10-8-20-15-30-21(27-20)16-4-6-19(23)7-5-16;/h4-7,12-13,15,17H,3,8-11,14H2,1-2H3,(H,24,25);1H. The number of rotatable bonds is 6. The van der Waals surface area contributed by atoms with Gasteiger partial charge in [0.25, 0.3) is 0 Å². The molecule has 0 radical (unpaired) electrons. The van der Waals surface area contributed by atoms with Crippen LogP contribution in [-0.4, -0.2) is 51.8 Å². The molecule has 0 spiro atoms. The van der Waals surface area contributed by atoms with Gasteiger partial charge in [0.15, 0.2) is 5.96 Å². The summed E-state index contributed by atoms with van der Waals surface area (Å²) in [4.78, 5) is 11.6. The lowest BCUT2D eigenvalue weighted by atomic mass is 10.0. The van der Waals surface area contributed by atoms with Crippen LogP contribution in [0.2, 0.25) is 0 Å². The van der Waals surface area contributed by atoms with E-state index in [1.54, 1.807) is 18.4 Å².